The van der Waals surface area contributed by atoms with Crippen LogP contribution in [0.3, 0.4) is 0 Å². The Labute approximate surface area is 145 Å². The first-order chi connectivity index (χ1) is 11.4. The van der Waals surface area contributed by atoms with E-state index < -0.39 is 12.6 Å². The van der Waals surface area contributed by atoms with Crippen LogP contribution in [-0.2, 0) is 4.79 Å². The van der Waals surface area contributed by atoms with Crippen LogP contribution < -0.4 is 14.8 Å². The Morgan fingerprint density at radius 1 is 1.33 bits per heavy atom. The number of aliphatic carboxylic acids is 1. The van der Waals surface area contributed by atoms with Crippen LogP contribution in [0.15, 0.2) is 18.2 Å². The van der Waals surface area contributed by atoms with E-state index in [0.29, 0.717) is 30.2 Å². The van der Waals surface area contributed by atoms with Crippen molar-refractivity contribution < 1.29 is 24.2 Å². The summed E-state index contributed by atoms with van der Waals surface area (Å²) >= 11 is 1.89. The number of hydrogen-bond acceptors (Lipinski definition) is 5. The van der Waals surface area contributed by atoms with Crippen molar-refractivity contribution in [2.75, 3.05) is 25.5 Å². The molecule has 1 heterocycles. The van der Waals surface area contributed by atoms with E-state index >= 15 is 0 Å². The molecule has 1 fully saturated rings. The molecule has 0 spiro atoms. The number of carbonyl (C=O) groups excluding carboxylic acids is 1. The number of thioether (sulfide) groups is 1. The van der Waals surface area contributed by atoms with Gasteiger partial charge in [-0.1, -0.05) is 0 Å². The Morgan fingerprint density at radius 2 is 2.12 bits per heavy atom. The summed E-state index contributed by atoms with van der Waals surface area (Å²) < 4.78 is 10.7. The summed E-state index contributed by atoms with van der Waals surface area (Å²) in [4.78, 5) is 23.0. The van der Waals surface area contributed by atoms with Gasteiger partial charge >= 0.3 is 5.97 Å². The van der Waals surface area contributed by atoms with Crippen molar-refractivity contribution in [2.24, 2.45) is 0 Å². The molecule has 0 aromatic heterocycles. The average molecular weight is 353 g/mol. The maximum absolute atomic E-state index is 12.4. The molecule has 6 nitrogen and oxygen atoms in total. The fraction of sp³-hybridized carbons (Fsp3) is 0.529. The molecule has 1 atom stereocenters. The summed E-state index contributed by atoms with van der Waals surface area (Å²) in [6.07, 6.45) is 2.28. The van der Waals surface area contributed by atoms with Crippen molar-refractivity contribution in [3.8, 4) is 11.5 Å². The monoisotopic (exact) mass is 353 g/mol. The topological polar surface area (TPSA) is 84.9 Å². The maximum atomic E-state index is 12.4. The predicted molar refractivity (Wildman–Crippen MR) is 93.2 cm³/mol. The number of carbonyl (C=O) groups is 2. The molecule has 24 heavy (non-hydrogen) atoms. The molecule has 1 aliphatic rings. The molecular formula is C17H23NO5S. The Kier molecular flexibility index (Phi) is 6.36. The number of hydrogen-bond donors (Lipinski definition) is 2. The first-order valence-electron chi connectivity index (χ1n) is 7.97. The van der Waals surface area contributed by atoms with Crippen LogP contribution >= 0.6 is 11.8 Å². The lowest BCUT2D eigenvalue weighted by Crippen LogP contribution is -2.36. The molecule has 0 radical (unpaired) electrons. The fourth-order valence-electron chi connectivity index (χ4n) is 2.52. The minimum Gasteiger partial charge on any atom is -0.490 e. The molecule has 2 N–H and O–H groups in total. The van der Waals surface area contributed by atoms with E-state index in [1.54, 1.807) is 18.2 Å². The second-order valence-electron chi connectivity index (χ2n) is 5.86. The van der Waals surface area contributed by atoms with E-state index in [0.717, 1.165) is 12.2 Å². The average Bonchev–Trinajstić information content (AvgIpc) is 2.98. The van der Waals surface area contributed by atoms with E-state index in [1.807, 2.05) is 18.7 Å². The van der Waals surface area contributed by atoms with Gasteiger partial charge in [-0.25, -0.2) is 4.79 Å². The zero-order valence-electron chi connectivity index (χ0n) is 14.0. The molecule has 0 saturated carbocycles. The highest BCUT2D eigenvalue weighted by molar-refractivity contribution is 8.00. The zero-order chi connectivity index (χ0) is 17.6. The van der Waals surface area contributed by atoms with Gasteiger partial charge in [-0.3, -0.25) is 4.79 Å². The van der Waals surface area contributed by atoms with E-state index in [4.69, 9.17) is 14.6 Å². The lowest BCUT2D eigenvalue weighted by molar-refractivity contribution is -0.139. The van der Waals surface area contributed by atoms with Crippen LogP contribution in [0.1, 0.15) is 37.0 Å². The second kappa shape index (κ2) is 8.28. The largest absolute Gasteiger partial charge is 0.490 e. The number of carboxylic acid groups (broad SMARTS) is 1. The highest BCUT2D eigenvalue weighted by Gasteiger charge is 2.29. The normalized spacial score (nSPS) is 19.8. The van der Waals surface area contributed by atoms with E-state index in [-0.39, 0.29) is 10.7 Å². The Balaban J connectivity index is 2.04. The minimum absolute atomic E-state index is 0.100. The van der Waals surface area contributed by atoms with Crippen molar-refractivity contribution >= 4 is 23.6 Å². The number of carboxylic acids is 1. The lowest BCUT2D eigenvalue weighted by Gasteiger charge is -2.23. The third kappa shape index (κ3) is 5.06. The fourth-order valence-corrected chi connectivity index (χ4v) is 3.77. The summed E-state index contributed by atoms with van der Waals surface area (Å²) in [6, 6.07) is 4.76. The van der Waals surface area contributed by atoms with E-state index in [1.165, 1.54) is 6.42 Å². The highest BCUT2D eigenvalue weighted by atomic mass is 32.2. The van der Waals surface area contributed by atoms with Crippen molar-refractivity contribution in [1.29, 1.82) is 0 Å². The van der Waals surface area contributed by atoms with Crippen molar-refractivity contribution in [1.82, 2.24) is 5.32 Å². The summed E-state index contributed by atoms with van der Waals surface area (Å²) in [5.41, 5.74) is 0.465. The van der Waals surface area contributed by atoms with Crippen molar-refractivity contribution in [3.63, 3.8) is 0 Å². The molecule has 1 saturated heterocycles. The van der Waals surface area contributed by atoms with Crippen molar-refractivity contribution in [3.05, 3.63) is 23.8 Å². The molecule has 2 rings (SSSR count). The smallest absolute Gasteiger partial charge is 0.341 e. The summed E-state index contributed by atoms with van der Waals surface area (Å²) in [7, 11) is 0. The SMILES string of the molecule is CCOc1cc(C(=O)NCC2(C)CCCS2)ccc1OCC(=O)O. The van der Waals surface area contributed by atoms with E-state index in [2.05, 4.69) is 12.2 Å². The van der Waals surface area contributed by atoms with Gasteiger partial charge in [0.05, 0.1) is 6.61 Å². The van der Waals surface area contributed by atoms with Crippen molar-refractivity contribution in [2.45, 2.75) is 31.4 Å². The number of benzene rings is 1. The van der Waals surface area contributed by atoms with Gasteiger partial charge in [0.25, 0.3) is 5.91 Å². The van der Waals surface area contributed by atoms with Crippen LogP contribution in [0.25, 0.3) is 0 Å². The van der Waals surface area contributed by atoms with Gasteiger partial charge in [0.1, 0.15) is 0 Å². The van der Waals surface area contributed by atoms with Gasteiger partial charge in [-0.2, -0.15) is 11.8 Å². The van der Waals surface area contributed by atoms with Crippen LogP contribution in [0.4, 0.5) is 0 Å². The molecule has 1 aromatic rings. The molecule has 1 unspecified atom stereocenters. The van der Waals surface area contributed by atoms with Crippen LogP contribution in [0.5, 0.6) is 11.5 Å². The Hall–Kier alpha value is -1.89. The predicted octanol–water partition coefficient (Wildman–Crippen LogP) is 2.56. The Morgan fingerprint density at radius 3 is 2.75 bits per heavy atom. The van der Waals surface area contributed by atoms with Gasteiger partial charge in [0, 0.05) is 16.9 Å². The number of rotatable bonds is 8. The standard InChI is InChI=1S/C17H23NO5S/c1-3-22-14-9-12(5-6-13(14)23-10-15(19)20)16(21)18-11-17(2)7-4-8-24-17/h5-6,9H,3-4,7-8,10-11H2,1-2H3,(H,18,21)(H,19,20). The van der Waals surface area contributed by atoms with Gasteiger partial charge in [-0.05, 0) is 50.6 Å². The third-order valence-corrected chi connectivity index (χ3v) is 5.32. The molecule has 0 bridgehead atoms. The molecule has 1 aromatic carbocycles. The van der Waals surface area contributed by atoms with Crippen LogP contribution in [0, 0.1) is 0 Å². The first kappa shape index (κ1) is 18.4. The van der Waals surface area contributed by atoms with Gasteiger partial charge in [0.15, 0.2) is 18.1 Å². The van der Waals surface area contributed by atoms with Crippen LogP contribution in [0.2, 0.25) is 0 Å². The quantitative estimate of drug-likeness (QED) is 0.747. The van der Waals surface area contributed by atoms with Gasteiger partial charge in [0.2, 0.25) is 0 Å². The van der Waals surface area contributed by atoms with E-state index in [9.17, 15) is 9.59 Å². The molecular weight excluding hydrogens is 330 g/mol. The Bertz CT molecular complexity index is 599. The molecule has 7 heteroatoms. The highest BCUT2D eigenvalue weighted by Crippen LogP contribution is 2.37. The zero-order valence-corrected chi connectivity index (χ0v) is 14.8. The summed E-state index contributed by atoms with van der Waals surface area (Å²) in [6.45, 7) is 4.54. The second-order valence-corrected chi connectivity index (χ2v) is 7.54. The molecule has 1 aliphatic heterocycles. The summed E-state index contributed by atoms with van der Waals surface area (Å²) in [5, 5.41) is 11.7. The van der Waals surface area contributed by atoms with Gasteiger partial charge in [-0.15, -0.1) is 0 Å². The number of ether oxygens (including phenoxy) is 2. The minimum atomic E-state index is -1.07. The molecule has 132 valence electrons. The third-order valence-electron chi connectivity index (χ3n) is 3.78. The number of nitrogens with one attached hydrogen (secondary N) is 1. The molecule has 1 amide bonds. The number of amides is 1. The van der Waals surface area contributed by atoms with Gasteiger partial charge < -0.3 is 19.9 Å². The molecule has 0 aliphatic carbocycles. The maximum Gasteiger partial charge on any atom is 0.341 e. The summed E-state index contributed by atoms with van der Waals surface area (Å²) in [5.74, 6) is 0.578. The lowest BCUT2D eigenvalue weighted by atomic mass is 10.1. The first-order valence-corrected chi connectivity index (χ1v) is 8.96. The van der Waals surface area contributed by atoms with Crippen LogP contribution in [-0.4, -0.2) is 47.2 Å².